The van der Waals surface area contributed by atoms with Gasteiger partial charge in [-0.15, -0.1) is 12.8 Å². The fourth-order valence-electron chi connectivity index (χ4n) is 3.20. The number of thiol groups is 1. The topological polar surface area (TPSA) is 0 Å². The molecule has 0 aromatic heterocycles. The van der Waals surface area contributed by atoms with Crippen LogP contribution in [-0.2, 0) is 12.8 Å². The van der Waals surface area contributed by atoms with Crippen LogP contribution in [0.3, 0.4) is 0 Å². The summed E-state index contributed by atoms with van der Waals surface area (Å²) in [5.41, 5.74) is 5.19. The monoisotopic (exact) mass is 312 g/mol. The molecule has 0 heterocycles. The Balaban J connectivity index is 0.000000847. The zero-order chi connectivity index (χ0) is 16.1. The van der Waals surface area contributed by atoms with Gasteiger partial charge in [0.2, 0.25) is 0 Å². The predicted molar refractivity (Wildman–Crippen MR) is 95.0 cm³/mol. The number of hydrogen-bond acceptors (Lipinski definition) is 1. The highest BCUT2D eigenvalue weighted by Gasteiger charge is 2.25. The third-order valence-corrected chi connectivity index (χ3v) is 4.99. The van der Waals surface area contributed by atoms with Gasteiger partial charge >= 0.3 is 0 Å². The standard InChI is InChI=1S/C18H19FS.C2H2/c1-12(11-20)18-10-15-9-16(19)7-6-13(15)8-14-4-2-3-5-17(14)18;1-2/h2-7,9,12,18,20H,8,10-11H2,1H3;1-2H. The summed E-state index contributed by atoms with van der Waals surface area (Å²) in [7, 11) is 0. The van der Waals surface area contributed by atoms with Gasteiger partial charge in [-0.25, -0.2) is 4.39 Å². The molecule has 0 aliphatic heterocycles. The molecule has 22 heavy (non-hydrogen) atoms. The number of fused-ring (bicyclic) bond motifs is 2. The van der Waals surface area contributed by atoms with Gasteiger partial charge in [-0.3, -0.25) is 0 Å². The largest absolute Gasteiger partial charge is 0.207 e. The first-order valence-electron chi connectivity index (χ1n) is 7.48. The summed E-state index contributed by atoms with van der Waals surface area (Å²) in [6.45, 7) is 2.23. The van der Waals surface area contributed by atoms with Crippen LogP contribution in [0.4, 0.5) is 4.39 Å². The minimum atomic E-state index is -0.132. The van der Waals surface area contributed by atoms with Crippen LogP contribution < -0.4 is 0 Å². The molecule has 0 radical (unpaired) electrons. The van der Waals surface area contributed by atoms with E-state index in [0.29, 0.717) is 11.8 Å². The summed E-state index contributed by atoms with van der Waals surface area (Å²) in [5, 5.41) is 0. The van der Waals surface area contributed by atoms with Gasteiger partial charge in [-0.1, -0.05) is 37.3 Å². The molecule has 2 aromatic carbocycles. The van der Waals surface area contributed by atoms with E-state index in [9.17, 15) is 4.39 Å². The first-order valence-corrected chi connectivity index (χ1v) is 8.11. The van der Waals surface area contributed by atoms with Gasteiger partial charge < -0.3 is 0 Å². The average molecular weight is 312 g/mol. The predicted octanol–water partition coefficient (Wildman–Crippen LogP) is 4.87. The molecule has 0 fully saturated rings. The third kappa shape index (κ3) is 3.36. The lowest BCUT2D eigenvalue weighted by atomic mass is 9.83. The van der Waals surface area contributed by atoms with E-state index in [1.807, 2.05) is 6.07 Å². The lowest BCUT2D eigenvalue weighted by Crippen LogP contribution is -2.14. The molecule has 3 rings (SSSR count). The molecule has 2 aromatic rings. The SMILES string of the molecule is C#C.CC(CS)C1Cc2cc(F)ccc2Cc2ccccc21. The first-order chi connectivity index (χ1) is 10.7. The van der Waals surface area contributed by atoms with Gasteiger partial charge in [0.15, 0.2) is 0 Å². The number of hydrogen-bond donors (Lipinski definition) is 1. The van der Waals surface area contributed by atoms with E-state index in [1.165, 1.54) is 16.7 Å². The van der Waals surface area contributed by atoms with Crippen molar-refractivity contribution in [2.45, 2.75) is 25.7 Å². The molecule has 2 atom stereocenters. The normalized spacial score (nSPS) is 17.2. The third-order valence-electron chi connectivity index (χ3n) is 4.42. The minimum Gasteiger partial charge on any atom is -0.207 e. The Morgan fingerprint density at radius 1 is 1.14 bits per heavy atom. The van der Waals surface area contributed by atoms with E-state index in [4.69, 9.17) is 0 Å². The molecule has 1 aliphatic carbocycles. The molecule has 2 heteroatoms. The molecular formula is C20H21FS. The van der Waals surface area contributed by atoms with Crippen molar-refractivity contribution in [2.75, 3.05) is 5.75 Å². The number of rotatable bonds is 2. The molecule has 0 N–H and O–H groups in total. The average Bonchev–Trinajstić information content (AvgIpc) is 2.72. The Bertz CT molecular complexity index is 660. The van der Waals surface area contributed by atoms with E-state index in [2.05, 4.69) is 56.7 Å². The maximum Gasteiger partial charge on any atom is 0.123 e. The summed E-state index contributed by atoms with van der Waals surface area (Å²) in [5.74, 6) is 1.62. The molecule has 0 spiro atoms. The van der Waals surface area contributed by atoms with Crippen LogP contribution in [0.2, 0.25) is 0 Å². The summed E-state index contributed by atoms with van der Waals surface area (Å²) in [6.07, 6.45) is 9.81. The second-order valence-corrected chi connectivity index (χ2v) is 6.12. The van der Waals surface area contributed by atoms with Gasteiger partial charge in [0.25, 0.3) is 0 Å². The number of benzene rings is 2. The van der Waals surface area contributed by atoms with Crippen molar-refractivity contribution in [2.24, 2.45) is 5.92 Å². The van der Waals surface area contributed by atoms with Gasteiger partial charge in [-0.2, -0.15) is 12.6 Å². The quantitative estimate of drug-likeness (QED) is 0.593. The van der Waals surface area contributed by atoms with Crippen molar-refractivity contribution in [1.82, 2.24) is 0 Å². The van der Waals surface area contributed by atoms with Crippen LogP contribution in [0.5, 0.6) is 0 Å². The van der Waals surface area contributed by atoms with Gasteiger partial charge in [0.05, 0.1) is 0 Å². The van der Waals surface area contributed by atoms with Crippen LogP contribution >= 0.6 is 12.6 Å². The Morgan fingerprint density at radius 3 is 2.59 bits per heavy atom. The molecule has 0 saturated carbocycles. The zero-order valence-corrected chi connectivity index (χ0v) is 13.7. The summed E-state index contributed by atoms with van der Waals surface area (Å²) in [6, 6.07) is 13.8. The highest BCUT2D eigenvalue weighted by Crippen LogP contribution is 2.36. The molecule has 114 valence electrons. The fourth-order valence-corrected chi connectivity index (χ4v) is 3.46. The fraction of sp³-hybridized carbons (Fsp3) is 0.300. The molecule has 0 saturated heterocycles. The number of terminal acetylenes is 1. The highest BCUT2D eigenvalue weighted by atomic mass is 32.1. The molecule has 0 amide bonds. The lowest BCUT2D eigenvalue weighted by molar-refractivity contribution is 0.503. The van der Waals surface area contributed by atoms with Crippen molar-refractivity contribution in [3.8, 4) is 12.8 Å². The van der Waals surface area contributed by atoms with E-state index in [-0.39, 0.29) is 5.82 Å². The van der Waals surface area contributed by atoms with Crippen molar-refractivity contribution < 1.29 is 4.39 Å². The van der Waals surface area contributed by atoms with E-state index >= 15 is 0 Å². The maximum atomic E-state index is 13.6. The Morgan fingerprint density at radius 2 is 1.86 bits per heavy atom. The van der Waals surface area contributed by atoms with Gasteiger partial charge in [0.1, 0.15) is 5.82 Å². The van der Waals surface area contributed by atoms with Crippen LogP contribution in [0.15, 0.2) is 42.5 Å². The van der Waals surface area contributed by atoms with Crippen molar-refractivity contribution in [3.05, 3.63) is 70.5 Å². The zero-order valence-electron chi connectivity index (χ0n) is 12.8. The molecule has 0 bridgehead atoms. The Labute approximate surface area is 138 Å². The second kappa shape index (κ2) is 7.51. The van der Waals surface area contributed by atoms with Crippen molar-refractivity contribution in [1.29, 1.82) is 0 Å². The van der Waals surface area contributed by atoms with Crippen molar-refractivity contribution >= 4 is 12.6 Å². The molecular weight excluding hydrogens is 291 g/mol. The van der Waals surface area contributed by atoms with Gasteiger partial charge in [-0.05, 0) is 64.8 Å². The Hall–Kier alpha value is -1.72. The van der Waals surface area contributed by atoms with E-state index in [1.54, 1.807) is 12.1 Å². The summed E-state index contributed by atoms with van der Waals surface area (Å²) >= 11 is 4.47. The van der Waals surface area contributed by atoms with E-state index < -0.39 is 0 Å². The number of halogens is 1. The highest BCUT2D eigenvalue weighted by molar-refractivity contribution is 7.80. The maximum absolute atomic E-state index is 13.6. The lowest BCUT2D eigenvalue weighted by Gasteiger charge is -2.23. The first kappa shape index (κ1) is 16.6. The van der Waals surface area contributed by atoms with Crippen LogP contribution in [0.25, 0.3) is 0 Å². The minimum absolute atomic E-state index is 0.132. The summed E-state index contributed by atoms with van der Waals surface area (Å²) < 4.78 is 13.6. The molecule has 0 nitrogen and oxygen atoms in total. The van der Waals surface area contributed by atoms with Crippen LogP contribution in [0, 0.1) is 24.6 Å². The van der Waals surface area contributed by atoms with Crippen LogP contribution in [-0.4, -0.2) is 5.75 Å². The second-order valence-electron chi connectivity index (χ2n) is 5.76. The van der Waals surface area contributed by atoms with Gasteiger partial charge in [0, 0.05) is 0 Å². The van der Waals surface area contributed by atoms with E-state index in [0.717, 1.165) is 24.2 Å². The molecule has 2 unspecified atom stereocenters. The summed E-state index contributed by atoms with van der Waals surface area (Å²) in [4.78, 5) is 0. The Kier molecular flexibility index (Phi) is 5.69. The van der Waals surface area contributed by atoms with Crippen LogP contribution in [0.1, 0.15) is 35.1 Å². The molecule has 1 aliphatic rings. The van der Waals surface area contributed by atoms with Crippen molar-refractivity contribution in [3.63, 3.8) is 0 Å². The smallest absolute Gasteiger partial charge is 0.123 e.